The van der Waals surface area contributed by atoms with Gasteiger partial charge in [0.2, 0.25) is 0 Å². The highest BCUT2D eigenvalue weighted by Gasteiger charge is 2.40. The minimum Gasteiger partial charge on any atom is -0.365 e. The summed E-state index contributed by atoms with van der Waals surface area (Å²) in [6.07, 6.45) is 0. The number of hydrogen-bond donors (Lipinski definition) is 1. The van der Waals surface area contributed by atoms with Crippen LogP contribution in [-0.2, 0) is 4.79 Å². The van der Waals surface area contributed by atoms with Gasteiger partial charge in [0.15, 0.2) is 5.37 Å². The van der Waals surface area contributed by atoms with Crippen molar-refractivity contribution in [1.82, 2.24) is 0 Å². The summed E-state index contributed by atoms with van der Waals surface area (Å²) in [5.41, 5.74) is 4.73. The molecule has 3 rings (SSSR count). The first-order valence-corrected chi connectivity index (χ1v) is 8.29. The zero-order valence-electron chi connectivity index (χ0n) is 13.3. The number of rotatable bonds is 3. The monoisotopic (exact) mass is 326 g/mol. The lowest BCUT2D eigenvalue weighted by atomic mass is 10.1. The fraction of sp³-hybridized carbons (Fsp3) is 0.222. The molecule has 0 unspecified atom stereocenters. The number of anilines is 2. The lowest BCUT2D eigenvalue weighted by Crippen LogP contribution is -2.34. The van der Waals surface area contributed by atoms with E-state index in [4.69, 9.17) is 0 Å². The molecule has 1 N–H and O–H groups in total. The van der Waals surface area contributed by atoms with Gasteiger partial charge >= 0.3 is 0 Å². The largest absolute Gasteiger partial charge is 0.365 e. The lowest BCUT2D eigenvalue weighted by molar-refractivity contribution is -0.116. The Bertz CT molecular complexity index is 788. The van der Waals surface area contributed by atoms with Crippen LogP contribution in [0.4, 0.5) is 16.2 Å². The third-order valence-electron chi connectivity index (χ3n) is 3.77. The Hall–Kier alpha value is -2.27. The molecule has 5 heteroatoms. The zero-order valence-corrected chi connectivity index (χ0v) is 14.1. The van der Waals surface area contributed by atoms with Crippen molar-refractivity contribution < 1.29 is 9.59 Å². The molecule has 1 atom stereocenters. The van der Waals surface area contributed by atoms with E-state index in [9.17, 15) is 9.59 Å². The molecule has 0 saturated carbocycles. The Kier molecular flexibility index (Phi) is 4.13. The Morgan fingerprint density at radius 2 is 1.74 bits per heavy atom. The molecular weight excluding hydrogens is 308 g/mol. The van der Waals surface area contributed by atoms with Crippen molar-refractivity contribution in [3.8, 4) is 0 Å². The molecule has 118 valence electrons. The first-order chi connectivity index (χ1) is 11.0. The molecule has 2 aromatic rings. The second kappa shape index (κ2) is 6.08. The number of nitrogens with one attached hydrogen (secondary N) is 1. The Labute approximate surface area is 139 Å². The number of carbonyl (C=O) groups is 2. The van der Waals surface area contributed by atoms with Gasteiger partial charge in [-0.3, -0.25) is 9.59 Å². The summed E-state index contributed by atoms with van der Waals surface area (Å²) in [5, 5.41) is 2.34. The van der Waals surface area contributed by atoms with Gasteiger partial charge in [-0.05, 0) is 61.9 Å². The second-order valence-electron chi connectivity index (χ2n) is 5.74. The van der Waals surface area contributed by atoms with Crippen LogP contribution in [0, 0.1) is 20.8 Å². The van der Waals surface area contributed by atoms with Crippen molar-refractivity contribution in [2.24, 2.45) is 0 Å². The van der Waals surface area contributed by atoms with E-state index < -0.39 is 5.37 Å². The van der Waals surface area contributed by atoms with Gasteiger partial charge in [-0.2, -0.15) is 0 Å². The van der Waals surface area contributed by atoms with Crippen LogP contribution < -0.4 is 10.2 Å². The third kappa shape index (κ3) is 3.10. The number of imide groups is 1. The van der Waals surface area contributed by atoms with Crippen molar-refractivity contribution in [2.75, 3.05) is 10.2 Å². The van der Waals surface area contributed by atoms with E-state index in [2.05, 4.69) is 5.32 Å². The molecule has 0 bridgehead atoms. The van der Waals surface area contributed by atoms with Crippen molar-refractivity contribution in [3.05, 3.63) is 59.2 Å². The quantitative estimate of drug-likeness (QED) is 0.916. The fourth-order valence-corrected chi connectivity index (χ4v) is 3.51. The molecule has 2 amide bonds. The molecule has 1 aliphatic heterocycles. The molecule has 23 heavy (non-hydrogen) atoms. The minimum absolute atomic E-state index is 0.231. The molecule has 0 spiro atoms. The van der Waals surface area contributed by atoms with Crippen molar-refractivity contribution >= 4 is 34.3 Å². The van der Waals surface area contributed by atoms with Crippen LogP contribution >= 0.6 is 11.8 Å². The number of nitrogens with zero attached hydrogens (tertiary/aromatic N) is 1. The predicted molar refractivity (Wildman–Crippen MR) is 95.0 cm³/mol. The molecule has 0 radical (unpaired) electrons. The van der Waals surface area contributed by atoms with Crippen molar-refractivity contribution in [1.29, 1.82) is 0 Å². The third-order valence-corrected chi connectivity index (χ3v) is 4.71. The van der Waals surface area contributed by atoms with E-state index in [1.807, 2.05) is 57.2 Å². The Morgan fingerprint density at radius 3 is 2.43 bits per heavy atom. The lowest BCUT2D eigenvalue weighted by Gasteiger charge is -2.16. The van der Waals surface area contributed by atoms with Gasteiger partial charge in [-0.15, -0.1) is 0 Å². The van der Waals surface area contributed by atoms with Gasteiger partial charge in [-0.1, -0.05) is 29.8 Å². The number of carbonyl (C=O) groups excluding carboxylic acids is 2. The Morgan fingerprint density at radius 1 is 1.00 bits per heavy atom. The highest BCUT2D eigenvalue weighted by atomic mass is 32.2. The van der Waals surface area contributed by atoms with E-state index in [1.54, 1.807) is 6.07 Å². The Balaban J connectivity index is 1.84. The van der Waals surface area contributed by atoms with Crippen LogP contribution in [0.2, 0.25) is 0 Å². The normalized spacial score (nSPS) is 17.7. The summed E-state index contributed by atoms with van der Waals surface area (Å²) in [5.74, 6) is -0.231. The van der Waals surface area contributed by atoms with Gasteiger partial charge in [0.05, 0.1) is 5.69 Å². The maximum absolute atomic E-state index is 12.6. The molecule has 1 fully saturated rings. The summed E-state index contributed by atoms with van der Waals surface area (Å²) in [4.78, 5) is 26.1. The average Bonchev–Trinajstić information content (AvgIpc) is 2.76. The number of thioether (sulfide) groups is 1. The maximum Gasteiger partial charge on any atom is 0.295 e. The van der Waals surface area contributed by atoms with Crippen LogP contribution in [0.15, 0.2) is 42.5 Å². The predicted octanol–water partition coefficient (Wildman–Crippen LogP) is 4.25. The number of hydrogen-bond acceptors (Lipinski definition) is 4. The standard InChI is InChI=1S/C18H18N2O2S/c1-11-5-4-6-14(10-11)20-17(21)16(23-18(20)22)19-15-8-7-12(2)9-13(15)3/h4-10,16,19H,1-3H3/t16-/m0/s1. The number of amides is 2. The number of aryl methyl sites for hydroxylation is 3. The molecule has 1 aliphatic rings. The van der Waals surface area contributed by atoms with Crippen LogP contribution in [-0.4, -0.2) is 16.5 Å². The van der Waals surface area contributed by atoms with Gasteiger partial charge in [-0.25, -0.2) is 4.90 Å². The van der Waals surface area contributed by atoms with E-state index in [1.165, 1.54) is 4.90 Å². The molecule has 2 aromatic carbocycles. The minimum atomic E-state index is -0.593. The highest BCUT2D eigenvalue weighted by molar-refractivity contribution is 8.16. The average molecular weight is 326 g/mol. The van der Waals surface area contributed by atoms with Gasteiger partial charge in [0.1, 0.15) is 0 Å². The van der Waals surface area contributed by atoms with E-state index in [0.717, 1.165) is 34.1 Å². The van der Waals surface area contributed by atoms with Crippen molar-refractivity contribution in [2.45, 2.75) is 26.1 Å². The van der Waals surface area contributed by atoms with E-state index >= 15 is 0 Å². The molecule has 0 aromatic heterocycles. The molecule has 1 heterocycles. The van der Waals surface area contributed by atoms with E-state index in [-0.39, 0.29) is 11.1 Å². The summed E-state index contributed by atoms with van der Waals surface area (Å²) in [7, 11) is 0. The summed E-state index contributed by atoms with van der Waals surface area (Å²) in [6, 6.07) is 13.4. The molecular formula is C18H18N2O2S. The van der Waals surface area contributed by atoms with Gasteiger partial charge < -0.3 is 5.32 Å². The van der Waals surface area contributed by atoms with Crippen molar-refractivity contribution in [3.63, 3.8) is 0 Å². The zero-order chi connectivity index (χ0) is 16.6. The van der Waals surface area contributed by atoms with Crippen LogP contribution in [0.25, 0.3) is 0 Å². The summed E-state index contributed by atoms with van der Waals surface area (Å²) in [6.45, 7) is 5.95. The maximum atomic E-state index is 12.6. The first-order valence-electron chi connectivity index (χ1n) is 7.41. The fourth-order valence-electron chi connectivity index (χ4n) is 2.62. The van der Waals surface area contributed by atoms with Gasteiger partial charge in [0, 0.05) is 5.69 Å². The van der Waals surface area contributed by atoms with Gasteiger partial charge in [0.25, 0.3) is 11.1 Å². The molecule has 4 nitrogen and oxygen atoms in total. The number of benzene rings is 2. The van der Waals surface area contributed by atoms with E-state index in [0.29, 0.717) is 5.69 Å². The van der Waals surface area contributed by atoms with Crippen LogP contribution in [0.5, 0.6) is 0 Å². The SMILES string of the molecule is Cc1cccc(N2C(=O)S[C@H](Nc3ccc(C)cc3C)C2=O)c1. The molecule has 0 aliphatic carbocycles. The topological polar surface area (TPSA) is 49.4 Å². The second-order valence-corrected chi connectivity index (χ2v) is 6.80. The first kappa shape index (κ1) is 15.6. The molecule has 1 saturated heterocycles. The highest BCUT2D eigenvalue weighted by Crippen LogP contribution is 2.33. The van der Waals surface area contributed by atoms with Crippen LogP contribution in [0.1, 0.15) is 16.7 Å². The van der Waals surface area contributed by atoms with Crippen LogP contribution in [0.3, 0.4) is 0 Å². The summed E-state index contributed by atoms with van der Waals surface area (Å²) >= 11 is 1.02. The summed E-state index contributed by atoms with van der Waals surface area (Å²) < 4.78 is 0. The smallest absolute Gasteiger partial charge is 0.295 e.